The van der Waals surface area contributed by atoms with Gasteiger partial charge in [-0.1, -0.05) is 51.4 Å². The van der Waals surface area contributed by atoms with Crippen molar-refractivity contribution in [3.63, 3.8) is 0 Å². The van der Waals surface area contributed by atoms with Crippen molar-refractivity contribution in [3.05, 3.63) is 53.9 Å². The Hall–Kier alpha value is -1.73. The molecule has 124 valence electrons. The van der Waals surface area contributed by atoms with Gasteiger partial charge in [0, 0.05) is 15.2 Å². The number of hydrazine groups is 2. The highest BCUT2D eigenvalue weighted by molar-refractivity contribution is 6.29. The van der Waals surface area contributed by atoms with Gasteiger partial charge >= 0.3 is 0 Å². The Balaban J connectivity index is -0.0000000668. The SMILES string of the molecule is CC.CC.Clc1ccccn1.NN.NNc1ccccn1.[HH].[HH]. The quantitative estimate of drug-likeness (QED) is 0.363. The lowest BCUT2D eigenvalue weighted by molar-refractivity contribution is 1.23. The summed E-state index contributed by atoms with van der Waals surface area (Å²) < 4.78 is 0. The molecule has 21 heavy (non-hydrogen) atoms. The molecular weight excluding hydrogens is 288 g/mol. The second-order valence-corrected chi connectivity index (χ2v) is 2.90. The van der Waals surface area contributed by atoms with E-state index in [1.165, 1.54) is 0 Å². The van der Waals surface area contributed by atoms with Gasteiger partial charge in [0.15, 0.2) is 0 Å². The molecule has 2 aromatic heterocycles. The van der Waals surface area contributed by atoms with E-state index < -0.39 is 0 Å². The van der Waals surface area contributed by atoms with Gasteiger partial charge in [-0.3, -0.25) is 11.7 Å². The van der Waals surface area contributed by atoms with Crippen molar-refractivity contribution >= 4 is 17.4 Å². The summed E-state index contributed by atoms with van der Waals surface area (Å²) in [6.07, 6.45) is 3.33. The second kappa shape index (κ2) is 23.4. The highest BCUT2D eigenvalue weighted by atomic mass is 35.5. The molecule has 6 nitrogen and oxygen atoms in total. The molecule has 7 N–H and O–H groups in total. The number of nitrogen functional groups attached to an aromatic ring is 1. The van der Waals surface area contributed by atoms with E-state index in [2.05, 4.69) is 27.1 Å². The highest BCUT2D eigenvalue weighted by Gasteiger charge is 1.80. The van der Waals surface area contributed by atoms with Crippen molar-refractivity contribution in [2.24, 2.45) is 17.5 Å². The summed E-state index contributed by atoms with van der Waals surface area (Å²) in [5.41, 5.74) is 2.42. The Kier molecular flexibility index (Phi) is 27.0. The van der Waals surface area contributed by atoms with Gasteiger partial charge in [0.25, 0.3) is 0 Å². The Labute approximate surface area is 135 Å². The molecule has 0 saturated heterocycles. The van der Waals surface area contributed by atoms with Gasteiger partial charge in [0.2, 0.25) is 0 Å². The summed E-state index contributed by atoms with van der Waals surface area (Å²) in [5.74, 6) is 13.7. The summed E-state index contributed by atoms with van der Waals surface area (Å²) in [6, 6.07) is 10.9. The molecule has 0 amide bonds. The third kappa shape index (κ3) is 18.3. The molecule has 0 aliphatic carbocycles. The average Bonchev–Trinajstić information content (AvgIpc) is 2.62. The number of nitrogens with zero attached hydrogens (tertiary/aromatic N) is 2. The first-order valence-corrected chi connectivity index (χ1v) is 6.98. The number of nitrogens with two attached hydrogens (primary N) is 3. The summed E-state index contributed by atoms with van der Waals surface area (Å²) in [4.78, 5) is 7.61. The zero-order chi connectivity index (χ0) is 16.9. The molecule has 7 heteroatoms. The zero-order valence-corrected chi connectivity index (χ0v) is 13.9. The van der Waals surface area contributed by atoms with Gasteiger partial charge in [0.05, 0.1) is 0 Å². The molecule has 0 aromatic carbocycles. The topological polar surface area (TPSA) is 116 Å². The van der Waals surface area contributed by atoms with Crippen LogP contribution in [-0.4, -0.2) is 9.97 Å². The van der Waals surface area contributed by atoms with Crippen LogP contribution in [-0.2, 0) is 0 Å². The van der Waals surface area contributed by atoms with Crippen LogP contribution in [0.3, 0.4) is 0 Å². The highest BCUT2D eigenvalue weighted by Crippen LogP contribution is 1.98. The minimum absolute atomic E-state index is 0. The Morgan fingerprint density at radius 3 is 1.57 bits per heavy atom. The number of nitrogens with one attached hydrogen (secondary N) is 1. The van der Waals surface area contributed by atoms with E-state index in [1.807, 2.05) is 52.0 Å². The van der Waals surface area contributed by atoms with Gasteiger partial charge < -0.3 is 5.43 Å². The van der Waals surface area contributed by atoms with Gasteiger partial charge in [-0.05, 0) is 24.3 Å². The van der Waals surface area contributed by atoms with E-state index in [9.17, 15) is 0 Å². The first-order chi connectivity index (χ1) is 10.3. The lowest BCUT2D eigenvalue weighted by Gasteiger charge is -1.92. The molecule has 0 saturated carbocycles. The van der Waals surface area contributed by atoms with Crippen molar-refractivity contribution in [1.29, 1.82) is 0 Å². The van der Waals surface area contributed by atoms with E-state index in [1.54, 1.807) is 24.5 Å². The van der Waals surface area contributed by atoms with Crippen LogP contribution in [0.15, 0.2) is 48.8 Å². The van der Waals surface area contributed by atoms with Crippen molar-refractivity contribution in [1.82, 2.24) is 9.97 Å². The third-order valence-corrected chi connectivity index (χ3v) is 1.67. The molecule has 0 radical (unpaired) electrons. The smallest absolute Gasteiger partial charge is 0.139 e. The van der Waals surface area contributed by atoms with Crippen LogP contribution in [0.25, 0.3) is 0 Å². The van der Waals surface area contributed by atoms with Gasteiger partial charge in [0.1, 0.15) is 11.0 Å². The van der Waals surface area contributed by atoms with Crippen LogP contribution in [0, 0.1) is 0 Å². The number of hydrogen-bond donors (Lipinski definition) is 4. The largest absolute Gasteiger partial charge is 0.308 e. The molecule has 0 fully saturated rings. The van der Waals surface area contributed by atoms with Crippen molar-refractivity contribution < 1.29 is 2.85 Å². The monoisotopic (exact) mass is 318 g/mol. The third-order valence-electron chi connectivity index (χ3n) is 1.44. The second-order valence-electron chi connectivity index (χ2n) is 2.51. The first kappa shape index (κ1) is 24.3. The zero-order valence-electron chi connectivity index (χ0n) is 13.1. The Bertz CT molecular complexity index is 382. The summed E-state index contributed by atoms with van der Waals surface area (Å²) in [6.45, 7) is 8.00. The van der Waals surface area contributed by atoms with Gasteiger partial charge in [-0.25, -0.2) is 15.8 Å². The predicted molar refractivity (Wildman–Crippen MR) is 96.6 cm³/mol. The fourth-order valence-electron chi connectivity index (χ4n) is 0.790. The lowest BCUT2D eigenvalue weighted by Crippen LogP contribution is -2.07. The molecule has 0 aliphatic heterocycles. The molecule has 0 bridgehead atoms. The standard InChI is InChI=1S/C5H4ClN.C5H7N3.2C2H6.H4N2.2H2/c6-5-3-1-2-4-7-5;6-8-5-3-1-2-4-7-5;3*1-2;;/h1-4H;1-4H,6H2,(H,7,8);2*1-2H3;1-2H2;2*1H. The maximum atomic E-state index is 5.43. The summed E-state index contributed by atoms with van der Waals surface area (Å²) >= 11 is 5.43. The lowest BCUT2D eigenvalue weighted by atomic mass is 10.5. The summed E-state index contributed by atoms with van der Waals surface area (Å²) in [5, 5.41) is 0.544. The minimum atomic E-state index is 0. The van der Waals surface area contributed by atoms with Crippen LogP contribution >= 0.6 is 11.6 Å². The van der Waals surface area contributed by atoms with Crippen LogP contribution in [0.5, 0.6) is 0 Å². The molecule has 2 aromatic rings. The van der Waals surface area contributed by atoms with E-state index >= 15 is 0 Å². The molecular formula is C14H31ClN6. The normalized spacial score (nSPS) is 7.05. The van der Waals surface area contributed by atoms with Crippen molar-refractivity contribution in [3.8, 4) is 0 Å². The van der Waals surface area contributed by atoms with Crippen molar-refractivity contribution in [2.45, 2.75) is 27.7 Å². The van der Waals surface area contributed by atoms with Crippen LogP contribution in [0.1, 0.15) is 30.5 Å². The van der Waals surface area contributed by atoms with Crippen LogP contribution < -0.4 is 23.0 Å². The van der Waals surface area contributed by atoms with E-state index in [4.69, 9.17) is 17.4 Å². The van der Waals surface area contributed by atoms with Crippen LogP contribution in [0.4, 0.5) is 5.82 Å². The molecule has 2 rings (SSSR count). The number of anilines is 1. The average molecular weight is 319 g/mol. The number of rotatable bonds is 1. The Morgan fingerprint density at radius 2 is 1.38 bits per heavy atom. The molecule has 0 spiro atoms. The minimum Gasteiger partial charge on any atom is -0.308 e. The maximum absolute atomic E-state index is 5.43. The number of halogens is 1. The number of aromatic nitrogens is 2. The van der Waals surface area contributed by atoms with E-state index in [0.29, 0.717) is 11.0 Å². The fraction of sp³-hybridized carbons (Fsp3) is 0.286. The molecule has 0 unspecified atom stereocenters. The molecule has 0 atom stereocenters. The molecule has 0 aliphatic rings. The van der Waals surface area contributed by atoms with Gasteiger partial charge in [-0.15, -0.1) is 0 Å². The van der Waals surface area contributed by atoms with Gasteiger partial charge in [-0.2, -0.15) is 0 Å². The Morgan fingerprint density at radius 1 is 0.905 bits per heavy atom. The van der Waals surface area contributed by atoms with E-state index in [-0.39, 0.29) is 2.85 Å². The fourth-order valence-corrected chi connectivity index (χ4v) is 0.919. The maximum Gasteiger partial charge on any atom is 0.139 e. The van der Waals surface area contributed by atoms with Crippen molar-refractivity contribution in [2.75, 3.05) is 5.43 Å². The number of hydrogen-bond acceptors (Lipinski definition) is 6. The molecule has 2 heterocycles. The van der Waals surface area contributed by atoms with Crippen LogP contribution in [0.2, 0.25) is 5.15 Å². The predicted octanol–water partition coefficient (Wildman–Crippen LogP) is 3.47. The summed E-state index contributed by atoms with van der Waals surface area (Å²) in [7, 11) is 0. The number of pyridine rings is 2. The van der Waals surface area contributed by atoms with E-state index in [0.717, 1.165) is 0 Å². The first-order valence-electron chi connectivity index (χ1n) is 6.60.